The number of fused-ring (bicyclic) bond motifs is 4. The lowest BCUT2D eigenvalue weighted by Gasteiger charge is -2.46. The zero-order valence-corrected chi connectivity index (χ0v) is 33.8. The number of carbonyl (C=O) groups is 2. The van der Waals surface area contributed by atoms with Gasteiger partial charge in [0.15, 0.2) is 5.60 Å². The smallest absolute Gasteiger partial charge is 0.303 e. The molecule has 2 aromatic carbocycles. The maximum atomic E-state index is 13.9. The molecular formula is C40H52ClF2N5O7S. The van der Waals surface area contributed by atoms with E-state index in [1.54, 1.807) is 24.1 Å². The third kappa shape index (κ3) is 8.30. The number of nitrogens with one attached hydrogen (secondary N) is 1. The van der Waals surface area contributed by atoms with Crippen LogP contribution in [0.15, 0.2) is 48.6 Å². The van der Waals surface area contributed by atoms with Crippen molar-refractivity contribution >= 4 is 39.3 Å². The number of nitrogens with zero attached hydrogens (tertiary/aromatic N) is 4. The second-order valence-electron chi connectivity index (χ2n) is 16.5. The summed E-state index contributed by atoms with van der Waals surface area (Å²) >= 11 is 6.47. The van der Waals surface area contributed by atoms with Crippen molar-refractivity contribution in [3.05, 3.63) is 70.3 Å². The second-order valence-corrected chi connectivity index (χ2v) is 18.8. The fraction of sp³-hybridized carbons (Fsp3) is 0.600. The SMILES string of the molecule is CN1CC/C=C/[C@H](OCCN2CC(F)(F)C2)[C@@H]2CC[C@H]2CN2C[C@@]3(CCCc4cc(Cl)ccc43)COc3ccc(cc32)[C@@](O)(C(=O)NS(=O)(=O)N(C)C)CC1=O. The van der Waals surface area contributed by atoms with Crippen molar-refractivity contribution in [2.45, 2.75) is 68.0 Å². The summed E-state index contributed by atoms with van der Waals surface area (Å²) in [5.41, 5.74) is 0.0334. The van der Waals surface area contributed by atoms with Gasteiger partial charge in [-0.3, -0.25) is 14.5 Å². The summed E-state index contributed by atoms with van der Waals surface area (Å²) in [6, 6.07) is 10.9. The molecule has 2 aliphatic carbocycles. The molecule has 2 amide bonds. The lowest BCUT2D eigenvalue weighted by atomic mass is 9.68. The number of halogens is 3. The van der Waals surface area contributed by atoms with Crippen molar-refractivity contribution in [1.29, 1.82) is 0 Å². The fourth-order valence-corrected chi connectivity index (χ4v) is 9.68. The predicted octanol–water partition coefficient (Wildman–Crippen LogP) is 4.09. The summed E-state index contributed by atoms with van der Waals surface area (Å²) in [6.45, 7) is 1.96. The first-order valence-corrected chi connectivity index (χ1v) is 21.2. The standard InChI is InChI=1S/C40H52ClF2N5O7S/c1-45(2)56(52,53)44-37(50)40(51)21-36(49)46(3)16-5-4-8-34(54-18-17-47-24-39(42,43)25-47)31-12-9-28(31)22-48-23-38(26-55-35-14-10-29(40)20-33(35)48)15-6-7-27-19-30(41)11-13-32(27)38/h4,8,10-11,13-14,19-20,28,31,34,51H,5-7,9,12,15-18,21-26H2,1-3H3,(H,44,50)/b8-4+/t28-,31+,34-,38-,40+/m0/s1. The number of carbonyl (C=O) groups excluding carboxylic acids is 2. The number of benzene rings is 2. The molecule has 1 spiro atoms. The summed E-state index contributed by atoms with van der Waals surface area (Å²) in [5, 5.41) is 13.0. The van der Waals surface area contributed by atoms with Crippen LogP contribution in [-0.2, 0) is 42.0 Å². The molecule has 1 saturated carbocycles. The minimum absolute atomic E-state index is 0.0553. The summed E-state index contributed by atoms with van der Waals surface area (Å²) in [7, 11) is -0.249. The number of rotatable bonds is 7. The van der Waals surface area contributed by atoms with E-state index in [9.17, 15) is 31.9 Å². The highest BCUT2D eigenvalue weighted by molar-refractivity contribution is 7.87. The fourth-order valence-electron chi connectivity index (χ4n) is 8.90. The largest absolute Gasteiger partial charge is 0.490 e. The van der Waals surface area contributed by atoms with Crippen LogP contribution in [0.2, 0.25) is 5.02 Å². The minimum Gasteiger partial charge on any atom is -0.490 e. The van der Waals surface area contributed by atoms with E-state index in [1.807, 2.05) is 29.0 Å². The van der Waals surface area contributed by atoms with Crippen LogP contribution in [-0.4, -0.2) is 125 Å². The quantitative estimate of drug-likeness (QED) is 0.397. The molecular weight excluding hydrogens is 768 g/mol. The molecule has 0 radical (unpaired) electrons. The van der Waals surface area contributed by atoms with Gasteiger partial charge >= 0.3 is 10.2 Å². The van der Waals surface area contributed by atoms with Crippen LogP contribution in [0.1, 0.15) is 55.2 Å². The summed E-state index contributed by atoms with van der Waals surface area (Å²) in [5.74, 6) is -3.63. The van der Waals surface area contributed by atoms with Gasteiger partial charge in [-0.05, 0) is 91.3 Å². The predicted molar refractivity (Wildman–Crippen MR) is 208 cm³/mol. The molecule has 12 nitrogen and oxygen atoms in total. The average Bonchev–Trinajstić information content (AvgIpc) is 3.26. The van der Waals surface area contributed by atoms with Crippen LogP contribution in [0.25, 0.3) is 0 Å². The van der Waals surface area contributed by atoms with Gasteiger partial charge in [-0.15, -0.1) is 0 Å². The van der Waals surface area contributed by atoms with Crippen molar-refractivity contribution in [3.63, 3.8) is 0 Å². The van der Waals surface area contributed by atoms with Crippen molar-refractivity contribution in [2.75, 3.05) is 78.5 Å². The zero-order valence-electron chi connectivity index (χ0n) is 32.2. The van der Waals surface area contributed by atoms with Gasteiger partial charge in [0.05, 0.1) is 44.5 Å². The normalized spacial score (nSPS) is 30.0. The first kappa shape index (κ1) is 40.8. The molecule has 2 aromatic rings. The Hall–Kier alpha value is -3.34. The Kier molecular flexibility index (Phi) is 11.5. The Morgan fingerprint density at radius 2 is 1.93 bits per heavy atom. The molecule has 56 heavy (non-hydrogen) atoms. The monoisotopic (exact) mass is 819 g/mol. The first-order chi connectivity index (χ1) is 26.5. The number of alkyl halides is 2. The highest BCUT2D eigenvalue weighted by Crippen LogP contribution is 2.48. The van der Waals surface area contributed by atoms with Crippen LogP contribution in [0, 0.1) is 11.8 Å². The van der Waals surface area contributed by atoms with Crippen LogP contribution < -0.4 is 14.4 Å². The third-order valence-electron chi connectivity index (χ3n) is 12.4. The number of aliphatic hydroxyl groups is 1. The van der Waals surface area contributed by atoms with Crippen molar-refractivity contribution in [1.82, 2.24) is 18.8 Å². The highest BCUT2D eigenvalue weighted by Gasteiger charge is 2.48. The number of likely N-dealkylation sites (tertiary alicyclic amines) is 1. The van der Waals surface area contributed by atoms with Crippen LogP contribution >= 0.6 is 11.6 Å². The van der Waals surface area contributed by atoms with Gasteiger partial charge in [0.1, 0.15) is 5.75 Å². The number of anilines is 1. The summed E-state index contributed by atoms with van der Waals surface area (Å²) in [6.07, 6.45) is 7.94. The number of aryl methyl sites for hydroxylation is 1. The molecule has 7 rings (SSSR count). The van der Waals surface area contributed by atoms with Gasteiger partial charge in [0, 0.05) is 57.8 Å². The van der Waals surface area contributed by atoms with E-state index < -0.39 is 45.4 Å². The summed E-state index contributed by atoms with van der Waals surface area (Å²) < 4.78 is 68.7. The summed E-state index contributed by atoms with van der Waals surface area (Å²) in [4.78, 5) is 33.0. The van der Waals surface area contributed by atoms with E-state index in [-0.39, 0.29) is 43.1 Å². The van der Waals surface area contributed by atoms with Gasteiger partial charge in [-0.25, -0.2) is 13.5 Å². The maximum Gasteiger partial charge on any atom is 0.303 e. The van der Waals surface area contributed by atoms with Crippen LogP contribution in [0.3, 0.4) is 0 Å². The zero-order chi connectivity index (χ0) is 40.0. The molecule has 2 N–H and O–H groups in total. The van der Waals surface area contributed by atoms with Crippen molar-refractivity contribution < 1.29 is 41.4 Å². The van der Waals surface area contributed by atoms with E-state index in [4.69, 9.17) is 21.1 Å². The molecule has 2 bridgehead atoms. The van der Waals surface area contributed by atoms with E-state index in [0.717, 1.165) is 42.0 Å². The average molecular weight is 820 g/mol. The van der Waals surface area contributed by atoms with E-state index in [2.05, 4.69) is 11.0 Å². The van der Waals surface area contributed by atoms with Gasteiger partial charge in [0.25, 0.3) is 11.8 Å². The molecule has 306 valence electrons. The molecule has 5 atom stereocenters. The molecule has 0 aromatic heterocycles. The lowest BCUT2D eigenvalue weighted by Crippen LogP contribution is -2.57. The Bertz CT molecular complexity index is 1960. The molecule has 5 aliphatic rings. The van der Waals surface area contributed by atoms with Crippen LogP contribution in [0.4, 0.5) is 14.5 Å². The lowest BCUT2D eigenvalue weighted by molar-refractivity contribution is -0.148. The molecule has 16 heteroatoms. The molecule has 1 saturated heterocycles. The van der Waals surface area contributed by atoms with Gasteiger partial charge in [-0.1, -0.05) is 35.9 Å². The molecule has 3 aliphatic heterocycles. The first-order valence-electron chi connectivity index (χ1n) is 19.4. The Morgan fingerprint density at radius 3 is 2.64 bits per heavy atom. The second kappa shape index (κ2) is 15.8. The Balaban J connectivity index is 1.28. The van der Waals surface area contributed by atoms with E-state index >= 15 is 0 Å². The highest BCUT2D eigenvalue weighted by atomic mass is 35.5. The van der Waals surface area contributed by atoms with E-state index in [0.29, 0.717) is 55.7 Å². The minimum atomic E-state index is -4.33. The molecule has 2 fully saturated rings. The maximum absolute atomic E-state index is 13.9. The van der Waals surface area contributed by atoms with Crippen molar-refractivity contribution in [2.24, 2.45) is 11.8 Å². The van der Waals surface area contributed by atoms with Crippen molar-refractivity contribution in [3.8, 4) is 5.75 Å². The Morgan fingerprint density at radius 1 is 1.14 bits per heavy atom. The Labute approximate surface area is 332 Å². The number of hydrogen-bond acceptors (Lipinski definition) is 9. The third-order valence-corrected chi connectivity index (χ3v) is 14.0. The number of hydrogen-bond donors (Lipinski definition) is 2. The topological polar surface area (TPSA) is 132 Å². The molecule has 3 heterocycles. The number of ether oxygens (including phenoxy) is 2. The van der Waals surface area contributed by atoms with Gasteiger partial charge in [-0.2, -0.15) is 12.7 Å². The van der Waals surface area contributed by atoms with Gasteiger partial charge in [0.2, 0.25) is 5.91 Å². The van der Waals surface area contributed by atoms with Gasteiger partial charge < -0.3 is 24.4 Å². The molecule has 0 unspecified atom stereocenters. The van der Waals surface area contributed by atoms with E-state index in [1.165, 1.54) is 30.6 Å². The van der Waals surface area contributed by atoms with Crippen LogP contribution in [0.5, 0.6) is 5.75 Å². The number of amides is 2.